The summed E-state index contributed by atoms with van der Waals surface area (Å²) in [5.41, 5.74) is 2.71. The highest BCUT2D eigenvalue weighted by Crippen LogP contribution is 2.25. The van der Waals surface area contributed by atoms with Crippen molar-refractivity contribution in [2.24, 2.45) is 0 Å². The van der Waals surface area contributed by atoms with E-state index < -0.39 is 5.97 Å². The second-order valence-electron chi connectivity index (χ2n) is 4.17. The minimum absolute atomic E-state index is 0.320. The number of hydrogen-bond donors (Lipinski definition) is 1. The number of carbonyl (C=O) groups is 1. The summed E-state index contributed by atoms with van der Waals surface area (Å²) in [4.78, 5) is 13.1. The van der Waals surface area contributed by atoms with E-state index >= 15 is 0 Å². The minimum Gasteiger partial charge on any atom is -0.478 e. The van der Waals surface area contributed by atoms with E-state index in [9.17, 15) is 4.79 Å². The molecule has 0 radical (unpaired) electrons. The lowest BCUT2D eigenvalue weighted by Crippen LogP contribution is -2.25. The zero-order valence-corrected chi connectivity index (χ0v) is 9.31. The summed E-state index contributed by atoms with van der Waals surface area (Å²) in [5, 5.41) is 8.91. The van der Waals surface area contributed by atoms with E-state index in [0.717, 1.165) is 18.7 Å². The number of rotatable bonds is 3. The van der Waals surface area contributed by atoms with E-state index in [1.165, 1.54) is 5.56 Å². The number of benzene rings is 1. The number of nitrogens with zero attached hydrogens (tertiary/aromatic N) is 1. The van der Waals surface area contributed by atoms with Crippen LogP contribution in [0.5, 0.6) is 0 Å². The largest absolute Gasteiger partial charge is 0.478 e. The Labute approximate surface area is 95.0 Å². The summed E-state index contributed by atoms with van der Waals surface area (Å²) in [6, 6.07) is 5.67. The Bertz CT molecular complexity index is 440. The predicted octanol–water partition coefficient (Wildman–Crippen LogP) is 2.27. The minimum atomic E-state index is -0.863. The molecule has 0 fully saturated rings. The zero-order chi connectivity index (χ0) is 11.7. The van der Waals surface area contributed by atoms with Crippen LogP contribution in [0.2, 0.25) is 0 Å². The molecule has 1 aromatic carbocycles. The Morgan fingerprint density at radius 3 is 2.81 bits per heavy atom. The van der Waals surface area contributed by atoms with Crippen LogP contribution in [0.4, 0.5) is 0 Å². The van der Waals surface area contributed by atoms with E-state index in [0.29, 0.717) is 11.6 Å². The first kappa shape index (κ1) is 10.9. The average molecular weight is 217 g/mol. The van der Waals surface area contributed by atoms with E-state index in [1.807, 2.05) is 12.1 Å². The van der Waals surface area contributed by atoms with Gasteiger partial charge in [-0.1, -0.05) is 12.1 Å². The number of carboxylic acid groups (broad SMARTS) is 1. The maximum absolute atomic E-state index is 10.8. The maximum atomic E-state index is 10.8. The van der Waals surface area contributed by atoms with Crippen molar-refractivity contribution in [3.05, 3.63) is 47.5 Å². The molecule has 1 heterocycles. The van der Waals surface area contributed by atoms with Gasteiger partial charge in [0.05, 0.1) is 5.56 Å². The van der Waals surface area contributed by atoms with Gasteiger partial charge in [-0.05, 0) is 30.2 Å². The van der Waals surface area contributed by atoms with Crippen molar-refractivity contribution in [3.63, 3.8) is 0 Å². The average Bonchev–Trinajstić information content (AvgIpc) is 2.70. The third-order valence-corrected chi connectivity index (χ3v) is 3.12. The fourth-order valence-corrected chi connectivity index (χ4v) is 1.99. The van der Waals surface area contributed by atoms with E-state index in [1.54, 1.807) is 12.1 Å². The molecule has 1 atom stereocenters. The van der Waals surface area contributed by atoms with Gasteiger partial charge in [-0.25, -0.2) is 4.79 Å². The summed E-state index contributed by atoms with van der Waals surface area (Å²) >= 11 is 0. The molecule has 1 aliphatic rings. The SMILES string of the molecule is C=CC(C)N1Cc2ccc(C(=O)O)cc2C1. The van der Waals surface area contributed by atoms with Crippen LogP contribution >= 0.6 is 0 Å². The Kier molecular flexibility index (Phi) is 2.79. The number of fused-ring (bicyclic) bond motifs is 1. The number of aromatic carboxylic acids is 1. The van der Waals surface area contributed by atoms with E-state index in [4.69, 9.17) is 5.11 Å². The van der Waals surface area contributed by atoms with Crippen molar-refractivity contribution in [3.8, 4) is 0 Å². The molecule has 0 bridgehead atoms. The molecule has 84 valence electrons. The summed E-state index contributed by atoms with van der Waals surface area (Å²) < 4.78 is 0. The molecule has 1 unspecified atom stereocenters. The highest BCUT2D eigenvalue weighted by Gasteiger charge is 2.22. The van der Waals surface area contributed by atoms with Crippen molar-refractivity contribution in [1.82, 2.24) is 4.90 Å². The van der Waals surface area contributed by atoms with Gasteiger partial charge < -0.3 is 5.11 Å². The lowest BCUT2D eigenvalue weighted by Gasteiger charge is -2.19. The fourth-order valence-electron chi connectivity index (χ4n) is 1.99. The topological polar surface area (TPSA) is 40.5 Å². The molecule has 0 aliphatic carbocycles. The van der Waals surface area contributed by atoms with Crippen LogP contribution in [0.15, 0.2) is 30.9 Å². The summed E-state index contributed by atoms with van der Waals surface area (Å²) in [6.45, 7) is 7.56. The second kappa shape index (κ2) is 4.10. The molecule has 0 spiro atoms. The molecule has 0 saturated carbocycles. The monoisotopic (exact) mass is 217 g/mol. The molecule has 0 saturated heterocycles. The Hall–Kier alpha value is -1.61. The van der Waals surface area contributed by atoms with Gasteiger partial charge in [0.1, 0.15) is 0 Å². The lowest BCUT2D eigenvalue weighted by atomic mass is 10.1. The second-order valence-corrected chi connectivity index (χ2v) is 4.17. The van der Waals surface area contributed by atoms with Gasteiger partial charge >= 0.3 is 5.97 Å². The van der Waals surface area contributed by atoms with Crippen LogP contribution in [0.3, 0.4) is 0 Å². The third-order valence-electron chi connectivity index (χ3n) is 3.12. The number of hydrogen-bond acceptors (Lipinski definition) is 2. The van der Waals surface area contributed by atoms with E-state index in [2.05, 4.69) is 18.4 Å². The van der Waals surface area contributed by atoms with Crippen LogP contribution in [0.1, 0.15) is 28.4 Å². The zero-order valence-electron chi connectivity index (χ0n) is 9.31. The Balaban J connectivity index is 2.24. The van der Waals surface area contributed by atoms with Crippen LogP contribution in [0.25, 0.3) is 0 Å². The first-order chi connectivity index (χ1) is 7.61. The lowest BCUT2D eigenvalue weighted by molar-refractivity contribution is 0.0697. The summed E-state index contributed by atoms with van der Waals surface area (Å²) in [5.74, 6) is -0.863. The molecule has 2 rings (SSSR count). The van der Waals surface area contributed by atoms with Gasteiger partial charge in [0, 0.05) is 19.1 Å². The highest BCUT2D eigenvalue weighted by atomic mass is 16.4. The van der Waals surface area contributed by atoms with Gasteiger partial charge in [0.25, 0.3) is 0 Å². The van der Waals surface area contributed by atoms with Gasteiger partial charge in [-0.3, -0.25) is 4.90 Å². The van der Waals surface area contributed by atoms with Crippen LogP contribution in [-0.2, 0) is 13.1 Å². The summed E-state index contributed by atoms with van der Waals surface area (Å²) in [7, 11) is 0. The molecule has 0 aromatic heterocycles. The van der Waals surface area contributed by atoms with Gasteiger partial charge in [0.2, 0.25) is 0 Å². The van der Waals surface area contributed by atoms with Crippen molar-refractivity contribution >= 4 is 5.97 Å². The first-order valence-electron chi connectivity index (χ1n) is 5.33. The molecule has 0 amide bonds. The fraction of sp³-hybridized carbons (Fsp3) is 0.308. The molecular weight excluding hydrogens is 202 g/mol. The molecule has 3 heteroatoms. The van der Waals surface area contributed by atoms with Gasteiger partial charge in [-0.15, -0.1) is 6.58 Å². The van der Waals surface area contributed by atoms with Crippen molar-refractivity contribution < 1.29 is 9.90 Å². The van der Waals surface area contributed by atoms with Gasteiger partial charge in [-0.2, -0.15) is 0 Å². The Morgan fingerprint density at radius 2 is 2.19 bits per heavy atom. The highest BCUT2D eigenvalue weighted by molar-refractivity contribution is 5.87. The summed E-state index contributed by atoms with van der Waals surface area (Å²) in [6.07, 6.45) is 1.91. The maximum Gasteiger partial charge on any atom is 0.335 e. The van der Waals surface area contributed by atoms with Crippen molar-refractivity contribution in [1.29, 1.82) is 0 Å². The molecule has 1 aliphatic heterocycles. The molecule has 1 aromatic rings. The third kappa shape index (κ3) is 1.86. The standard InChI is InChI=1S/C13H15NO2/c1-3-9(2)14-7-11-5-4-10(13(15)16)6-12(11)8-14/h3-6,9H,1,7-8H2,2H3,(H,15,16). The van der Waals surface area contributed by atoms with E-state index in [-0.39, 0.29) is 0 Å². The molecule has 16 heavy (non-hydrogen) atoms. The van der Waals surface area contributed by atoms with Gasteiger partial charge in [0.15, 0.2) is 0 Å². The van der Waals surface area contributed by atoms with Crippen LogP contribution in [-0.4, -0.2) is 22.0 Å². The molecule has 3 nitrogen and oxygen atoms in total. The normalized spacial score (nSPS) is 16.8. The van der Waals surface area contributed by atoms with Crippen molar-refractivity contribution in [2.75, 3.05) is 0 Å². The van der Waals surface area contributed by atoms with Crippen LogP contribution in [0, 0.1) is 0 Å². The molecule has 1 N–H and O–H groups in total. The first-order valence-corrected chi connectivity index (χ1v) is 5.33. The van der Waals surface area contributed by atoms with Crippen molar-refractivity contribution in [2.45, 2.75) is 26.1 Å². The quantitative estimate of drug-likeness (QED) is 0.789. The predicted molar refractivity (Wildman–Crippen MR) is 62.3 cm³/mol. The Morgan fingerprint density at radius 1 is 1.50 bits per heavy atom. The smallest absolute Gasteiger partial charge is 0.335 e. The van der Waals surface area contributed by atoms with Crippen LogP contribution < -0.4 is 0 Å². The number of carboxylic acids is 1. The molecular formula is C13H15NO2.